The Labute approximate surface area is 100.0 Å². The molecule has 0 aromatic heterocycles. The van der Waals surface area contributed by atoms with Gasteiger partial charge in [-0.1, -0.05) is 15.9 Å². The molecule has 0 radical (unpaired) electrons. The van der Waals surface area contributed by atoms with Crippen molar-refractivity contribution in [1.29, 1.82) is 0 Å². The van der Waals surface area contributed by atoms with Gasteiger partial charge in [0.2, 0.25) is 0 Å². The number of hydrogen-bond acceptors (Lipinski definition) is 4. The van der Waals surface area contributed by atoms with Crippen molar-refractivity contribution in [2.45, 2.75) is 0 Å². The van der Waals surface area contributed by atoms with Gasteiger partial charge in [0.15, 0.2) is 0 Å². The smallest absolute Gasteiger partial charge is 0.0701 e. The Morgan fingerprint density at radius 1 is 0.786 bits per heavy atom. The summed E-state index contributed by atoms with van der Waals surface area (Å²) < 4.78 is 15.5. The first-order valence-corrected chi connectivity index (χ1v) is 5.53. The molecule has 0 unspecified atom stereocenters. The van der Waals surface area contributed by atoms with Crippen molar-refractivity contribution in [3.8, 4) is 0 Å². The molecule has 0 fully saturated rings. The number of hydrogen-bond donors (Lipinski definition) is 1. The van der Waals surface area contributed by atoms with Crippen LogP contribution in [0.3, 0.4) is 0 Å². The van der Waals surface area contributed by atoms with E-state index < -0.39 is 0 Å². The standard InChI is InChI=1S/C8H18BrNO3.ClH/c9-1-3-11-5-7-13-8-6-12-4-2-10;/h1-8,10H2;1H. The second kappa shape index (κ2) is 16.1. The van der Waals surface area contributed by atoms with Crippen LogP contribution in [0.5, 0.6) is 0 Å². The molecule has 0 aliphatic rings. The highest BCUT2D eigenvalue weighted by atomic mass is 79.9. The zero-order valence-electron chi connectivity index (χ0n) is 8.25. The summed E-state index contributed by atoms with van der Waals surface area (Å²) in [4.78, 5) is 0. The Balaban J connectivity index is 0. The van der Waals surface area contributed by atoms with E-state index in [2.05, 4.69) is 15.9 Å². The van der Waals surface area contributed by atoms with Crippen LogP contribution in [-0.4, -0.2) is 51.5 Å². The number of halogens is 2. The molecule has 0 aromatic carbocycles. The Morgan fingerprint density at radius 3 is 1.64 bits per heavy atom. The van der Waals surface area contributed by atoms with Crippen LogP contribution in [0, 0.1) is 0 Å². The highest BCUT2D eigenvalue weighted by Gasteiger charge is 1.89. The molecule has 0 atom stereocenters. The average molecular weight is 293 g/mol. The Bertz CT molecular complexity index is 90.7. The van der Waals surface area contributed by atoms with Crippen molar-refractivity contribution in [2.75, 3.05) is 51.5 Å². The lowest BCUT2D eigenvalue weighted by atomic mass is 10.7. The molecule has 0 amide bonds. The van der Waals surface area contributed by atoms with E-state index >= 15 is 0 Å². The van der Waals surface area contributed by atoms with Gasteiger partial charge in [0, 0.05) is 11.9 Å². The maximum atomic E-state index is 5.23. The molecule has 4 nitrogen and oxygen atoms in total. The summed E-state index contributed by atoms with van der Waals surface area (Å²) in [6.45, 7) is 4.37. The van der Waals surface area contributed by atoms with Gasteiger partial charge in [-0.15, -0.1) is 12.4 Å². The number of rotatable bonds is 10. The number of nitrogens with two attached hydrogens (primary N) is 1. The maximum absolute atomic E-state index is 5.23. The van der Waals surface area contributed by atoms with Crippen molar-refractivity contribution >= 4 is 28.3 Å². The van der Waals surface area contributed by atoms with E-state index in [1.165, 1.54) is 0 Å². The molecule has 0 spiro atoms. The summed E-state index contributed by atoms with van der Waals surface area (Å²) in [5.41, 5.74) is 5.23. The van der Waals surface area contributed by atoms with Gasteiger partial charge in [0.1, 0.15) is 0 Å². The first kappa shape index (κ1) is 17.0. The monoisotopic (exact) mass is 291 g/mol. The van der Waals surface area contributed by atoms with Gasteiger partial charge in [0.25, 0.3) is 0 Å². The van der Waals surface area contributed by atoms with E-state index in [0.717, 1.165) is 11.9 Å². The molecule has 88 valence electrons. The summed E-state index contributed by atoms with van der Waals surface area (Å²) in [5.74, 6) is 0. The summed E-state index contributed by atoms with van der Waals surface area (Å²) in [5, 5.41) is 0.868. The molecular weight excluding hydrogens is 273 g/mol. The maximum Gasteiger partial charge on any atom is 0.0701 e. The van der Waals surface area contributed by atoms with Gasteiger partial charge in [-0.25, -0.2) is 0 Å². The van der Waals surface area contributed by atoms with E-state index in [1.807, 2.05) is 0 Å². The fraction of sp³-hybridized carbons (Fsp3) is 1.00. The molecule has 0 bridgehead atoms. The Kier molecular flexibility index (Phi) is 19.5. The lowest BCUT2D eigenvalue weighted by molar-refractivity contribution is 0.0191. The zero-order valence-corrected chi connectivity index (χ0v) is 10.6. The summed E-state index contributed by atoms with van der Waals surface area (Å²) in [7, 11) is 0. The molecule has 0 aliphatic heterocycles. The van der Waals surface area contributed by atoms with Gasteiger partial charge in [-0.3, -0.25) is 0 Å². The highest BCUT2D eigenvalue weighted by Crippen LogP contribution is 1.83. The summed E-state index contributed by atoms with van der Waals surface area (Å²) in [6.07, 6.45) is 0. The van der Waals surface area contributed by atoms with Crippen molar-refractivity contribution in [3.05, 3.63) is 0 Å². The predicted octanol–water partition coefficient (Wildman–Crippen LogP) is 0.812. The van der Waals surface area contributed by atoms with Crippen LogP contribution >= 0.6 is 28.3 Å². The van der Waals surface area contributed by atoms with Gasteiger partial charge < -0.3 is 19.9 Å². The largest absolute Gasteiger partial charge is 0.378 e. The van der Waals surface area contributed by atoms with Crippen LogP contribution in [-0.2, 0) is 14.2 Å². The third-order valence-corrected chi connectivity index (χ3v) is 1.55. The van der Waals surface area contributed by atoms with Gasteiger partial charge in [-0.05, 0) is 0 Å². The highest BCUT2D eigenvalue weighted by molar-refractivity contribution is 9.09. The van der Waals surface area contributed by atoms with Crippen LogP contribution in [0.2, 0.25) is 0 Å². The first-order valence-electron chi connectivity index (χ1n) is 4.41. The average Bonchev–Trinajstić information content (AvgIpc) is 2.16. The van der Waals surface area contributed by atoms with E-state index in [-0.39, 0.29) is 12.4 Å². The van der Waals surface area contributed by atoms with Gasteiger partial charge in [0.05, 0.1) is 39.6 Å². The molecule has 14 heavy (non-hydrogen) atoms. The molecule has 0 aliphatic carbocycles. The van der Waals surface area contributed by atoms with Crippen molar-refractivity contribution < 1.29 is 14.2 Å². The quantitative estimate of drug-likeness (QED) is 0.478. The first-order chi connectivity index (χ1) is 6.41. The molecule has 0 rings (SSSR count). The lowest BCUT2D eigenvalue weighted by Crippen LogP contribution is -2.13. The minimum atomic E-state index is 0. The topological polar surface area (TPSA) is 53.7 Å². The molecule has 2 N–H and O–H groups in total. The van der Waals surface area contributed by atoms with Crippen molar-refractivity contribution in [2.24, 2.45) is 5.73 Å². The summed E-state index contributed by atoms with van der Waals surface area (Å²) in [6, 6.07) is 0. The van der Waals surface area contributed by atoms with Gasteiger partial charge >= 0.3 is 0 Å². The normalized spacial score (nSPS) is 9.86. The fourth-order valence-corrected chi connectivity index (χ4v) is 0.909. The molecular formula is C8H19BrClNO3. The minimum absolute atomic E-state index is 0. The fourth-order valence-electron chi connectivity index (χ4n) is 0.680. The summed E-state index contributed by atoms with van der Waals surface area (Å²) >= 11 is 3.26. The van der Waals surface area contributed by atoms with Crippen LogP contribution in [0.4, 0.5) is 0 Å². The van der Waals surface area contributed by atoms with E-state index in [1.54, 1.807) is 0 Å². The zero-order chi connectivity index (χ0) is 9.78. The Morgan fingerprint density at radius 2 is 1.21 bits per heavy atom. The molecule has 0 saturated heterocycles. The lowest BCUT2D eigenvalue weighted by Gasteiger charge is -2.04. The minimum Gasteiger partial charge on any atom is -0.378 e. The van der Waals surface area contributed by atoms with Crippen molar-refractivity contribution in [3.63, 3.8) is 0 Å². The van der Waals surface area contributed by atoms with Crippen LogP contribution in [0.1, 0.15) is 0 Å². The van der Waals surface area contributed by atoms with Crippen LogP contribution in [0.15, 0.2) is 0 Å². The van der Waals surface area contributed by atoms with E-state index in [0.29, 0.717) is 39.6 Å². The second-order valence-corrected chi connectivity index (χ2v) is 3.11. The van der Waals surface area contributed by atoms with E-state index in [9.17, 15) is 0 Å². The molecule has 6 heteroatoms. The third-order valence-electron chi connectivity index (χ3n) is 1.23. The molecule has 0 aromatic rings. The van der Waals surface area contributed by atoms with Gasteiger partial charge in [-0.2, -0.15) is 0 Å². The molecule has 0 heterocycles. The van der Waals surface area contributed by atoms with Crippen molar-refractivity contribution in [1.82, 2.24) is 0 Å². The number of ether oxygens (including phenoxy) is 3. The second-order valence-electron chi connectivity index (χ2n) is 2.31. The van der Waals surface area contributed by atoms with E-state index in [4.69, 9.17) is 19.9 Å². The SMILES string of the molecule is Cl.NCCOCCOCCOCCBr. The Hall–Kier alpha value is 0.610. The predicted molar refractivity (Wildman–Crippen MR) is 62.6 cm³/mol. The van der Waals surface area contributed by atoms with Crippen LogP contribution in [0.25, 0.3) is 0 Å². The number of alkyl halides is 1. The van der Waals surface area contributed by atoms with Crippen LogP contribution < -0.4 is 5.73 Å². The molecule has 0 saturated carbocycles. The third kappa shape index (κ3) is 15.1.